The summed E-state index contributed by atoms with van der Waals surface area (Å²) in [4.78, 5) is 8.47. The molecular formula is C18H20N2S. The average molecular weight is 296 g/mol. The van der Waals surface area contributed by atoms with Gasteiger partial charge in [0.05, 0.1) is 5.41 Å². The molecular weight excluding hydrogens is 276 g/mol. The zero-order valence-electron chi connectivity index (χ0n) is 12.2. The molecule has 2 aliphatic carbocycles. The third kappa shape index (κ3) is 2.24. The third-order valence-electron chi connectivity index (χ3n) is 4.99. The summed E-state index contributed by atoms with van der Waals surface area (Å²) in [6.07, 6.45) is 8.38. The number of hydrogen-bond acceptors (Lipinski definition) is 2. The van der Waals surface area contributed by atoms with Gasteiger partial charge in [-0.25, -0.2) is 4.98 Å². The van der Waals surface area contributed by atoms with E-state index < -0.39 is 0 Å². The van der Waals surface area contributed by atoms with Crippen LogP contribution in [0.5, 0.6) is 0 Å². The lowest BCUT2D eigenvalue weighted by atomic mass is 9.94. The summed E-state index contributed by atoms with van der Waals surface area (Å²) in [6.45, 7) is 0. The topological polar surface area (TPSA) is 28.7 Å². The van der Waals surface area contributed by atoms with Crippen LogP contribution in [-0.4, -0.2) is 9.97 Å². The van der Waals surface area contributed by atoms with E-state index in [0.29, 0.717) is 0 Å². The molecule has 2 nitrogen and oxygen atoms in total. The van der Waals surface area contributed by atoms with Gasteiger partial charge in [-0.05, 0) is 44.1 Å². The lowest BCUT2D eigenvalue weighted by molar-refractivity contribution is 0.703. The predicted molar refractivity (Wildman–Crippen MR) is 87.1 cm³/mol. The fourth-order valence-electron chi connectivity index (χ4n) is 3.57. The average Bonchev–Trinajstić information content (AvgIpc) is 3.33. The van der Waals surface area contributed by atoms with Crippen molar-refractivity contribution in [3.8, 4) is 0 Å². The molecule has 1 heterocycles. The molecule has 4 rings (SSSR count). The molecule has 1 aromatic heterocycles. The van der Waals surface area contributed by atoms with E-state index in [4.69, 9.17) is 17.2 Å². The van der Waals surface area contributed by atoms with Crippen LogP contribution < -0.4 is 0 Å². The second-order valence-corrected chi connectivity index (χ2v) is 6.74. The van der Waals surface area contributed by atoms with Gasteiger partial charge >= 0.3 is 0 Å². The van der Waals surface area contributed by atoms with E-state index >= 15 is 0 Å². The maximum atomic E-state index is 5.60. The minimum Gasteiger partial charge on any atom is -0.346 e. The summed E-state index contributed by atoms with van der Waals surface area (Å²) in [5.41, 5.74) is 4.12. The number of aromatic nitrogens is 2. The first-order valence-electron chi connectivity index (χ1n) is 7.98. The normalized spacial score (nSPS) is 19.6. The standard InChI is InChI=1S/C18H20N2S/c21-16-14-9-5-2-6-10-15(14)19-17(20-16)18(11-12-18)13-7-3-1-4-8-13/h1,3-4,7-8H,2,5-6,9-12H2,(H,19,20,21). The molecule has 0 atom stereocenters. The fraction of sp³-hybridized carbons (Fsp3) is 0.444. The first-order chi connectivity index (χ1) is 10.3. The number of H-pyrrole nitrogens is 1. The second-order valence-electron chi connectivity index (χ2n) is 6.36. The Kier molecular flexibility index (Phi) is 3.18. The maximum absolute atomic E-state index is 5.60. The Morgan fingerprint density at radius 3 is 2.52 bits per heavy atom. The van der Waals surface area contributed by atoms with Crippen molar-refractivity contribution in [2.45, 2.75) is 50.4 Å². The smallest absolute Gasteiger partial charge is 0.133 e. The fourth-order valence-corrected chi connectivity index (χ4v) is 3.88. The minimum absolute atomic E-state index is 0.0934. The molecule has 0 unspecified atom stereocenters. The van der Waals surface area contributed by atoms with Crippen LogP contribution in [0.2, 0.25) is 0 Å². The zero-order chi connectivity index (χ0) is 14.3. The van der Waals surface area contributed by atoms with Crippen molar-refractivity contribution in [3.63, 3.8) is 0 Å². The van der Waals surface area contributed by atoms with E-state index in [0.717, 1.165) is 23.3 Å². The van der Waals surface area contributed by atoms with E-state index in [2.05, 4.69) is 35.3 Å². The number of benzene rings is 1. The van der Waals surface area contributed by atoms with E-state index in [1.165, 1.54) is 48.9 Å². The first kappa shape index (κ1) is 13.2. The summed E-state index contributed by atoms with van der Waals surface area (Å²) in [5.74, 6) is 1.10. The molecule has 108 valence electrons. The molecule has 21 heavy (non-hydrogen) atoms. The van der Waals surface area contributed by atoms with E-state index in [1.54, 1.807) is 0 Å². The molecule has 2 aliphatic rings. The highest BCUT2D eigenvalue weighted by Crippen LogP contribution is 2.52. The SMILES string of the molecule is S=c1nc(C2(c3ccccc3)CC2)[nH]c2c1CCCCC2. The van der Waals surface area contributed by atoms with Gasteiger partial charge in [-0.15, -0.1) is 0 Å². The molecule has 0 aliphatic heterocycles. The van der Waals surface area contributed by atoms with Crippen LogP contribution in [0, 0.1) is 4.64 Å². The van der Waals surface area contributed by atoms with Gasteiger partial charge in [-0.3, -0.25) is 0 Å². The highest BCUT2D eigenvalue weighted by molar-refractivity contribution is 7.71. The van der Waals surface area contributed by atoms with Gasteiger partial charge in [0.1, 0.15) is 10.5 Å². The van der Waals surface area contributed by atoms with E-state index in [-0.39, 0.29) is 5.41 Å². The summed E-state index contributed by atoms with van der Waals surface area (Å²) in [7, 11) is 0. The summed E-state index contributed by atoms with van der Waals surface area (Å²) in [5, 5.41) is 0. The highest BCUT2D eigenvalue weighted by Gasteiger charge is 2.48. The van der Waals surface area contributed by atoms with Crippen molar-refractivity contribution in [2.24, 2.45) is 0 Å². The van der Waals surface area contributed by atoms with Gasteiger partial charge < -0.3 is 4.98 Å². The van der Waals surface area contributed by atoms with E-state index in [1.807, 2.05) is 0 Å². The Balaban J connectivity index is 1.82. The lowest BCUT2D eigenvalue weighted by Crippen LogP contribution is -2.16. The first-order valence-corrected chi connectivity index (χ1v) is 8.38. The van der Waals surface area contributed by atoms with Crippen molar-refractivity contribution in [3.05, 3.63) is 57.6 Å². The van der Waals surface area contributed by atoms with Crippen molar-refractivity contribution >= 4 is 12.2 Å². The van der Waals surface area contributed by atoms with Crippen LogP contribution in [0.15, 0.2) is 30.3 Å². The summed E-state index contributed by atoms with van der Waals surface area (Å²) in [6, 6.07) is 10.8. The molecule has 2 aromatic rings. The number of rotatable bonds is 2. The van der Waals surface area contributed by atoms with E-state index in [9.17, 15) is 0 Å². The van der Waals surface area contributed by atoms with Crippen molar-refractivity contribution < 1.29 is 0 Å². The van der Waals surface area contributed by atoms with Crippen LogP contribution in [0.25, 0.3) is 0 Å². The monoisotopic (exact) mass is 296 g/mol. The minimum atomic E-state index is 0.0934. The highest BCUT2D eigenvalue weighted by atomic mass is 32.1. The number of fused-ring (bicyclic) bond motifs is 1. The third-order valence-corrected chi connectivity index (χ3v) is 5.33. The number of aromatic amines is 1. The van der Waals surface area contributed by atoms with Gasteiger partial charge in [0, 0.05) is 11.3 Å². The van der Waals surface area contributed by atoms with Crippen LogP contribution >= 0.6 is 12.2 Å². The molecule has 1 saturated carbocycles. The Hall–Kier alpha value is -1.48. The number of nitrogens with zero attached hydrogens (tertiary/aromatic N) is 1. The largest absolute Gasteiger partial charge is 0.346 e. The van der Waals surface area contributed by atoms with Crippen molar-refractivity contribution in [1.29, 1.82) is 0 Å². The Labute approximate surface area is 130 Å². The van der Waals surface area contributed by atoms with Crippen LogP contribution in [-0.2, 0) is 18.3 Å². The Morgan fingerprint density at radius 1 is 1.00 bits per heavy atom. The molecule has 1 aromatic carbocycles. The lowest BCUT2D eigenvalue weighted by Gasteiger charge is -2.18. The van der Waals surface area contributed by atoms with Crippen molar-refractivity contribution in [2.75, 3.05) is 0 Å². The molecule has 0 amide bonds. The molecule has 1 fully saturated rings. The summed E-state index contributed by atoms with van der Waals surface area (Å²) < 4.78 is 0.836. The quantitative estimate of drug-likeness (QED) is 0.653. The molecule has 0 spiro atoms. The van der Waals surface area contributed by atoms with Gasteiger partial charge in [-0.2, -0.15) is 0 Å². The molecule has 0 radical (unpaired) electrons. The number of nitrogens with one attached hydrogen (secondary N) is 1. The Morgan fingerprint density at radius 2 is 1.76 bits per heavy atom. The molecule has 1 N–H and O–H groups in total. The van der Waals surface area contributed by atoms with Crippen LogP contribution in [0.1, 0.15) is 54.7 Å². The van der Waals surface area contributed by atoms with Gasteiger partial charge in [0.15, 0.2) is 0 Å². The number of aryl methyl sites for hydroxylation is 1. The van der Waals surface area contributed by atoms with Crippen LogP contribution in [0.4, 0.5) is 0 Å². The van der Waals surface area contributed by atoms with Gasteiger partial charge in [0.2, 0.25) is 0 Å². The maximum Gasteiger partial charge on any atom is 0.133 e. The summed E-state index contributed by atoms with van der Waals surface area (Å²) >= 11 is 5.60. The van der Waals surface area contributed by atoms with Crippen LogP contribution in [0.3, 0.4) is 0 Å². The van der Waals surface area contributed by atoms with Gasteiger partial charge in [0.25, 0.3) is 0 Å². The Bertz CT molecular complexity index is 714. The molecule has 0 bridgehead atoms. The predicted octanol–water partition coefficient (Wildman–Crippen LogP) is 4.49. The molecule has 0 saturated heterocycles. The van der Waals surface area contributed by atoms with Gasteiger partial charge in [-0.1, -0.05) is 49.0 Å². The zero-order valence-corrected chi connectivity index (χ0v) is 13.0. The molecule has 3 heteroatoms. The van der Waals surface area contributed by atoms with Crippen molar-refractivity contribution in [1.82, 2.24) is 9.97 Å². The number of hydrogen-bond donors (Lipinski definition) is 1. The second kappa shape index (κ2) is 5.06.